The topological polar surface area (TPSA) is 0 Å². The Balaban J connectivity index is 1.66. The molecule has 3 rings (SSSR count). The first kappa shape index (κ1) is 14.9. The van der Waals surface area contributed by atoms with Gasteiger partial charge in [-0.15, -0.1) is 0 Å². The van der Waals surface area contributed by atoms with Gasteiger partial charge in [0.25, 0.3) is 0 Å². The fourth-order valence-electron chi connectivity index (χ4n) is 6.46. The number of hydrogen-bond acceptors (Lipinski definition) is 0. The zero-order valence-electron chi connectivity index (χ0n) is 14.7. The lowest BCUT2D eigenvalue weighted by atomic mass is 9.67. The maximum absolute atomic E-state index is 2.44. The summed E-state index contributed by atoms with van der Waals surface area (Å²) in [6.45, 7) is 14.6. The molecule has 0 heterocycles. The van der Waals surface area contributed by atoms with Gasteiger partial charge in [0.2, 0.25) is 0 Å². The molecule has 3 aliphatic rings. The van der Waals surface area contributed by atoms with Gasteiger partial charge < -0.3 is 0 Å². The molecule has 2 bridgehead atoms. The van der Waals surface area contributed by atoms with Crippen LogP contribution in [0.3, 0.4) is 0 Å². The number of rotatable bonds is 2. The van der Waals surface area contributed by atoms with Crippen LogP contribution in [0.2, 0.25) is 0 Å². The molecule has 0 radical (unpaired) electrons. The molecule has 0 aromatic rings. The van der Waals surface area contributed by atoms with E-state index in [2.05, 4.69) is 41.5 Å². The van der Waals surface area contributed by atoms with Crippen molar-refractivity contribution in [2.24, 2.45) is 46.3 Å². The number of hydrogen-bond donors (Lipinski definition) is 0. The van der Waals surface area contributed by atoms with Gasteiger partial charge in [-0.05, 0) is 84.9 Å². The van der Waals surface area contributed by atoms with E-state index < -0.39 is 0 Å². The van der Waals surface area contributed by atoms with Crippen LogP contribution < -0.4 is 0 Å². The summed E-state index contributed by atoms with van der Waals surface area (Å²) in [5.41, 5.74) is 1.07. The molecule has 0 amide bonds. The van der Waals surface area contributed by atoms with Crippen LogP contribution >= 0.6 is 0 Å². The van der Waals surface area contributed by atoms with Gasteiger partial charge in [0.1, 0.15) is 0 Å². The fourth-order valence-corrected chi connectivity index (χ4v) is 6.46. The quantitative estimate of drug-likeness (QED) is 0.567. The minimum Gasteiger partial charge on any atom is -0.0602 e. The van der Waals surface area contributed by atoms with E-state index in [1.54, 1.807) is 25.7 Å². The highest BCUT2D eigenvalue weighted by molar-refractivity contribution is 5.06. The minimum absolute atomic E-state index is 0.534. The Bertz CT molecular complexity index is 353. The maximum Gasteiger partial charge on any atom is -0.0326 e. The average molecular weight is 277 g/mol. The molecule has 0 aromatic heterocycles. The van der Waals surface area contributed by atoms with Crippen molar-refractivity contribution in [3.05, 3.63) is 0 Å². The van der Waals surface area contributed by atoms with Crippen LogP contribution in [0.1, 0.15) is 80.1 Å². The molecule has 6 unspecified atom stereocenters. The van der Waals surface area contributed by atoms with E-state index in [9.17, 15) is 0 Å². The van der Waals surface area contributed by atoms with Gasteiger partial charge in [0, 0.05) is 0 Å². The van der Waals surface area contributed by atoms with E-state index in [0.29, 0.717) is 10.8 Å². The molecule has 3 fully saturated rings. The highest BCUT2D eigenvalue weighted by Crippen LogP contribution is 2.65. The van der Waals surface area contributed by atoms with Crippen molar-refractivity contribution in [3.8, 4) is 0 Å². The first-order chi connectivity index (χ1) is 9.14. The van der Waals surface area contributed by atoms with Crippen LogP contribution in [-0.4, -0.2) is 0 Å². The Kier molecular flexibility index (Phi) is 3.54. The van der Waals surface area contributed by atoms with Gasteiger partial charge in [-0.25, -0.2) is 0 Å². The molecule has 0 spiro atoms. The average Bonchev–Trinajstić information content (AvgIpc) is 2.85. The highest BCUT2D eigenvalue weighted by atomic mass is 14.6. The Labute approximate surface area is 127 Å². The SMILES string of the molecule is CC(C)(C)CC1CC2CC1C1CCC(CC(C)(C)C)C21. The fraction of sp³-hybridized carbons (Fsp3) is 1.00. The lowest BCUT2D eigenvalue weighted by Gasteiger charge is -2.38. The summed E-state index contributed by atoms with van der Waals surface area (Å²) in [6.07, 6.45) is 9.22. The van der Waals surface area contributed by atoms with Crippen LogP contribution in [0.25, 0.3) is 0 Å². The normalized spacial score (nSPS) is 44.1. The molecule has 116 valence electrons. The molecule has 3 aliphatic carbocycles. The lowest BCUT2D eigenvalue weighted by Crippen LogP contribution is -2.30. The monoisotopic (exact) mass is 276 g/mol. The first-order valence-corrected chi connectivity index (χ1v) is 9.14. The molecular weight excluding hydrogens is 240 g/mol. The second kappa shape index (κ2) is 4.75. The van der Waals surface area contributed by atoms with Gasteiger partial charge in [-0.3, -0.25) is 0 Å². The maximum atomic E-state index is 2.44. The van der Waals surface area contributed by atoms with Gasteiger partial charge in [0.05, 0.1) is 0 Å². The molecule has 0 nitrogen and oxygen atoms in total. The van der Waals surface area contributed by atoms with Gasteiger partial charge in [0.15, 0.2) is 0 Å². The van der Waals surface area contributed by atoms with Crippen LogP contribution in [0.5, 0.6) is 0 Å². The standard InChI is InChI=1S/C20H36/c1-19(2,3)11-13-7-8-16-17-10-14(18(13)16)9-15(17)12-20(4,5)6/h13-18H,7-12H2,1-6H3. The predicted molar refractivity (Wildman–Crippen MR) is 87.6 cm³/mol. The van der Waals surface area contributed by atoms with Crippen molar-refractivity contribution in [2.75, 3.05) is 0 Å². The molecule has 6 atom stereocenters. The van der Waals surface area contributed by atoms with Crippen LogP contribution in [0.4, 0.5) is 0 Å². The molecule has 20 heavy (non-hydrogen) atoms. The van der Waals surface area contributed by atoms with Crippen molar-refractivity contribution in [1.29, 1.82) is 0 Å². The summed E-state index contributed by atoms with van der Waals surface area (Å²) in [6, 6.07) is 0. The molecule has 0 aromatic carbocycles. The predicted octanol–water partition coefficient (Wildman–Crippen LogP) is 6.16. The number of fused-ring (bicyclic) bond motifs is 5. The lowest BCUT2D eigenvalue weighted by molar-refractivity contribution is 0.113. The largest absolute Gasteiger partial charge is 0.0602 e. The van der Waals surface area contributed by atoms with E-state index in [1.807, 2.05) is 0 Å². The van der Waals surface area contributed by atoms with E-state index in [0.717, 1.165) is 35.5 Å². The summed E-state index contributed by atoms with van der Waals surface area (Å²) in [7, 11) is 0. The molecule has 0 heteroatoms. The summed E-state index contributed by atoms with van der Waals surface area (Å²) in [5.74, 6) is 6.57. The first-order valence-electron chi connectivity index (χ1n) is 9.14. The summed E-state index contributed by atoms with van der Waals surface area (Å²) in [5, 5.41) is 0. The van der Waals surface area contributed by atoms with E-state index in [-0.39, 0.29) is 0 Å². The van der Waals surface area contributed by atoms with Crippen LogP contribution in [-0.2, 0) is 0 Å². The summed E-state index contributed by atoms with van der Waals surface area (Å²) >= 11 is 0. The molecule has 3 saturated carbocycles. The second-order valence-corrected chi connectivity index (χ2v) is 10.8. The Morgan fingerprint density at radius 3 is 1.90 bits per heavy atom. The molecule has 0 aliphatic heterocycles. The van der Waals surface area contributed by atoms with Crippen molar-refractivity contribution in [2.45, 2.75) is 80.1 Å². The Hall–Kier alpha value is 0. The third-order valence-electron chi connectivity index (χ3n) is 6.54. The van der Waals surface area contributed by atoms with E-state index in [1.165, 1.54) is 12.8 Å². The van der Waals surface area contributed by atoms with Crippen molar-refractivity contribution >= 4 is 0 Å². The van der Waals surface area contributed by atoms with Crippen LogP contribution in [0, 0.1) is 46.3 Å². The molecule has 0 saturated heterocycles. The van der Waals surface area contributed by atoms with Crippen molar-refractivity contribution < 1.29 is 0 Å². The van der Waals surface area contributed by atoms with Gasteiger partial charge >= 0.3 is 0 Å². The van der Waals surface area contributed by atoms with Crippen LogP contribution in [0.15, 0.2) is 0 Å². The van der Waals surface area contributed by atoms with E-state index in [4.69, 9.17) is 0 Å². The molecular formula is C20H36. The smallest absolute Gasteiger partial charge is 0.0326 e. The third-order valence-corrected chi connectivity index (χ3v) is 6.54. The van der Waals surface area contributed by atoms with Gasteiger partial charge in [-0.1, -0.05) is 41.5 Å². The third kappa shape index (κ3) is 2.81. The second-order valence-electron chi connectivity index (χ2n) is 10.8. The summed E-state index contributed by atoms with van der Waals surface area (Å²) < 4.78 is 0. The Morgan fingerprint density at radius 1 is 0.700 bits per heavy atom. The van der Waals surface area contributed by atoms with Crippen molar-refractivity contribution in [3.63, 3.8) is 0 Å². The van der Waals surface area contributed by atoms with E-state index >= 15 is 0 Å². The Morgan fingerprint density at radius 2 is 1.30 bits per heavy atom. The zero-order chi connectivity index (χ0) is 14.7. The summed E-state index contributed by atoms with van der Waals surface area (Å²) in [4.78, 5) is 0. The van der Waals surface area contributed by atoms with Crippen molar-refractivity contribution in [1.82, 2.24) is 0 Å². The van der Waals surface area contributed by atoms with Gasteiger partial charge in [-0.2, -0.15) is 0 Å². The highest BCUT2D eigenvalue weighted by Gasteiger charge is 2.57. The minimum atomic E-state index is 0.534. The molecule has 0 N–H and O–H groups in total. The zero-order valence-corrected chi connectivity index (χ0v) is 14.7.